The lowest BCUT2D eigenvalue weighted by atomic mass is 10.1. The summed E-state index contributed by atoms with van der Waals surface area (Å²) in [5, 5.41) is 10.0. The molecular weight excluding hydrogens is 262 g/mol. The molecule has 1 rings (SSSR count). The number of nitrogens with one attached hydrogen (secondary N) is 2. The Morgan fingerprint density at radius 2 is 2.00 bits per heavy atom. The first-order valence-electron chi connectivity index (χ1n) is 5.60. The van der Waals surface area contributed by atoms with Crippen LogP contribution >= 0.6 is 11.8 Å². The van der Waals surface area contributed by atoms with Crippen LogP contribution in [0.1, 0.15) is 11.1 Å². The van der Waals surface area contributed by atoms with Gasteiger partial charge in [0.15, 0.2) is 11.1 Å². The quantitative estimate of drug-likeness (QED) is 0.475. The van der Waals surface area contributed by atoms with Gasteiger partial charge >= 0.3 is 0 Å². The number of nitrogens with zero attached hydrogens (tertiary/aromatic N) is 1. The summed E-state index contributed by atoms with van der Waals surface area (Å²) in [5.74, 6) is -0.236. The van der Waals surface area contributed by atoms with Crippen LogP contribution in [0.5, 0.6) is 0 Å². The Morgan fingerprint density at radius 1 is 1.37 bits per heavy atom. The third kappa shape index (κ3) is 6.46. The van der Waals surface area contributed by atoms with Gasteiger partial charge in [-0.25, -0.2) is 0 Å². The molecule has 0 unspecified atom stereocenters. The summed E-state index contributed by atoms with van der Waals surface area (Å²) in [6, 6.07) is 7.91. The van der Waals surface area contributed by atoms with Crippen LogP contribution in [-0.2, 0) is 11.3 Å². The smallest absolute Gasteiger partial charge is 0.230 e. The van der Waals surface area contributed by atoms with Gasteiger partial charge < -0.3 is 16.8 Å². The van der Waals surface area contributed by atoms with Crippen molar-refractivity contribution in [2.75, 3.05) is 5.75 Å². The zero-order chi connectivity index (χ0) is 14.3. The van der Waals surface area contributed by atoms with Gasteiger partial charge in [-0.2, -0.15) is 4.99 Å². The van der Waals surface area contributed by atoms with E-state index >= 15 is 0 Å². The molecule has 0 aliphatic carbocycles. The van der Waals surface area contributed by atoms with Crippen molar-refractivity contribution in [3.8, 4) is 0 Å². The van der Waals surface area contributed by atoms with E-state index in [1.165, 1.54) is 5.56 Å². The number of nitrogens with two attached hydrogens (primary N) is 2. The minimum atomic E-state index is -0.183. The van der Waals surface area contributed by atoms with Gasteiger partial charge in [0.1, 0.15) is 0 Å². The maximum atomic E-state index is 11.5. The molecule has 6 N–H and O–H groups in total. The van der Waals surface area contributed by atoms with Gasteiger partial charge in [-0.15, -0.1) is 0 Å². The number of hydrogen-bond donors (Lipinski definition) is 4. The molecule has 0 aliphatic rings. The van der Waals surface area contributed by atoms with E-state index in [9.17, 15) is 4.79 Å². The second-order valence-corrected chi connectivity index (χ2v) is 4.86. The number of carbonyl (C=O) groups excluding carboxylic acids is 1. The molecule has 0 saturated carbocycles. The molecule has 6 nitrogen and oxygen atoms in total. The van der Waals surface area contributed by atoms with Crippen LogP contribution in [-0.4, -0.2) is 22.8 Å². The lowest BCUT2D eigenvalue weighted by Crippen LogP contribution is -2.26. The molecule has 0 aliphatic heterocycles. The molecule has 0 spiro atoms. The standard InChI is InChI=1S/C12H17N5OS/c1-8-2-4-9(5-3-8)6-16-10(18)7-19-12(15)17-11(13)14/h2-5H,6-7H2,1H3,(H,16,18)(H5,13,14,15,17). The molecular formula is C12H17N5OS. The fourth-order valence-corrected chi connectivity index (χ4v) is 1.78. The van der Waals surface area contributed by atoms with Crippen LogP contribution in [0.2, 0.25) is 0 Å². The summed E-state index contributed by atoms with van der Waals surface area (Å²) in [7, 11) is 0. The van der Waals surface area contributed by atoms with Crippen molar-refractivity contribution in [2.45, 2.75) is 13.5 Å². The van der Waals surface area contributed by atoms with Gasteiger partial charge in [-0.3, -0.25) is 10.2 Å². The summed E-state index contributed by atoms with van der Waals surface area (Å²) in [6.07, 6.45) is 0. The Kier molecular flexibility index (Phi) is 5.87. The summed E-state index contributed by atoms with van der Waals surface area (Å²) >= 11 is 0.974. The minimum Gasteiger partial charge on any atom is -0.370 e. The number of benzene rings is 1. The largest absolute Gasteiger partial charge is 0.370 e. The number of carbonyl (C=O) groups is 1. The van der Waals surface area contributed by atoms with Crippen LogP contribution < -0.4 is 16.8 Å². The van der Waals surface area contributed by atoms with Crippen molar-refractivity contribution in [1.29, 1.82) is 5.41 Å². The molecule has 0 fully saturated rings. The van der Waals surface area contributed by atoms with Gasteiger partial charge in [0, 0.05) is 6.54 Å². The van der Waals surface area contributed by atoms with Gasteiger partial charge in [0.25, 0.3) is 0 Å². The van der Waals surface area contributed by atoms with E-state index in [2.05, 4.69) is 10.3 Å². The lowest BCUT2D eigenvalue weighted by Gasteiger charge is -2.05. The van der Waals surface area contributed by atoms with Gasteiger partial charge in [-0.1, -0.05) is 41.6 Å². The molecule has 102 valence electrons. The molecule has 0 atom stereocenters. The van der Waals surface area contributed by atoms with Crippen LogP contribution in [0.4, 0.5) is 0 Å². The first kappa shape index (κ1) is 15.0. The number of hydrogen-bond acceptors (Lipinski definition) is 3. The van der Waals surface area contributed by atoms with E-state index < -0.39 is 0 Å². The molecule has 0 heterocycles. The van der Waals surface area contributed by atoms with Crippen molar-refractivity contribution < 1.29 is 4.79 Å². The van der Waals surface area contributed by atoms with E-state index in [-0.39, 0.29) is 22.8 Å². The normalized spacial score (nSPS) is 9.74. The molecule has 1 aromatic rings. The number of thioether (sulfide) groups is 1. The fourth-order valence-electron chi connectivity index (χ4n) is 1.24. The Morgan fingerprint density at radius 3 is 2.58 bits per heavy atom. The summed E-state index contributed by atoms with van der Waals surface area (Å²) in [5.41, 5.74) is 12.4. The van der Waals surface area contributed by atoms with E-state index in [1.54, 1.807) is 0 Å². The van der Waals surface area contributed by atoms with Gasteiger partial charge in [0.2, 0.25) is 5.91 Å². The Balaban J connectivity index is 2.30. The third-order valence-corrected chi connectivity index (χ3v) is 2.95. The van der Waals surface area contributed by atoms with Crippen molar-refractivity contribution in [3.63, 3.8) is 0 Å². The summed E-state index contributed by atoms with van der Waals surface area (Å²) in [4.78, 5) is 15.0. The highest BCUT2D eigenvalue weighted by Crippen LogP contribution is 2.04. The number of amides is 1. The van der Waals surface area contributed by atoms with E-state index in [1.807, 2.05) is 31.2 Å². The average molecular weight is 279 g/mol. The molecule has 1 amide bonds. The number of aliphatic imine (C=N–C) groups is 1. The number of rotatable bonds is 4. The van der Waals surface area contributed by atoms with Crippen molar-refractivity contribution in [3.05, 3.63) is 35.4 Å². The fraction of sp³-hybridized carbons (Fsp3) is 0.250. The van der Waals surface area contributed by atoms with Crippen LogP contribution in [0.25, 0.3) is 0 Å². The lowest BCUT2D eigenvalue weighted by molar-refractivity contribution is -0.118. The second kappa shape index (κ2) is 7.42. The highest BCUT2D eigenvalue weighted by Gasteiger charge is 2.04. The average Bonchev–Trinajstić information content (AvgIpc) is 2.35. The number of aryl methyl sites for hydroxylation is 1. The molecule has 0 bridgehead atoms. The molecule has 0 aromatic heterocycles. The minimum absolute atomic E-state index is 0.0783. The predicted molar refractivity (Wildman–Crippen MR) is 79.0 cm³/mol. The molecule has 19 heavy (non-hydrogen) atoms. The summed E-state index contributed by atoms with van der Waals surface area (Å²) in [6.45, 7) is 2.48. The van der Waals surface area contributed by atoms with Gasteiger partial charge in [0.05, 0.1) is 5.75 Å². The maximum absolute atomic E-state index is 11.5. The van der Waals surface area contributed by atoms with Crippen molar-refractivity contribution >= 4 is 28.8 Å². The van der Waals surface area contributed by atoms with Crippen LogP contribution in [0.15, 0.2) is 29.3 Å². The third-order valence-electron chi connectivity index (χ3n) is 2.18. The summed E-state index contributed by atoms with van der Waals surface area (Å²) < 4.78 is 0. The second-order valence-electron chi connectivity index (χ2n) is 3.89. The Labute approximate surface area is 116 Å². The molecule has 0 radical (unpaired) electrons. The number of guanidine groups is 1. The Bertz CT molecular complexity index is 479. The van der Waals surface area contributed by atoms with Crippen LogP contribution in [0, 0.1) is 12.3 Å². The van der Waals surface area contributed by atoms with Gasteiger partial charge in [-0.05, 0) is 12.5 Å². The van der Waals surface area contributed by atoms with Crippen molar-refractivity contribution in [1.82, 2.24) is 5.32 Å². The van der Waals surface area contributed by atoms with Crippen LogP contribution in [0.3, 0.4) is 0 Å². The van der Waals surface area contributed by atoms with E-state index in [4.69, 9.17) is 16.9 Å². The predicted octanol–water partition coefficient (Wildman–Crippen LogP) is 0.553. The zero-order valence-corrected chi connectivity index (χ0v) is 11.5. The molecule has 1 aromatic carbocycles. The molecule has 0 saturated heterocycles. The highest BCUT2D eigenvalue weighted by atomic mass is 32.2. The number of amidine groups is 1. The maximum Gasteiger partial charge on any atom is 0.230 e. The van der Waals surface area contributed by atoms with Crippen molar-refractivity contribution in [2.24, 2.45) is 16.5 Å². The Hall–Kier alpha value is -2.02. The highest BCUT2D eigenvalue weighted by molar-refractivity contribution is 8.14. The first-order chi connectivity index (χ1) is 8.97. The van der Waals surface area contributed by atoms with E-state index in [0.717, 1.165) is 17.3 Å². The molecule has 7 heteroatoms. The SMILES string of the molecule is Cc1ccc(CNC(=O)CSC(=N)N=C(N)N)cc1. The monoisotopic (exact) mass is 279 g/mol. The topological polar surface area (TPSA) is 117 Å². The zero-order valence-electron chi connectivity index (χ0n) is 10.6. The van der Waals surface area contributed by atoms with E-state index in [0.29, 0.717) is 6.54 Å². The first-order valence-corrected chi connectivity index (χ1v) is 6.59.